The number of rotatable bonds is 3. The fourth-order valence-corrected chi connectivity index (χ4v) is 1.64. The van der Waals surface area contributed by atoms with E-state index in [0.29, 0.717) is 0 Å². The lowest BCUT2D eigenvalue weighted by molar-refractivity contribution is 1.19. The Bertz CT molecular complexity index is 461. The fraction of sp³-hybridized carbons (Fsp3) is 0.278. The SMILES string of the molecule is CC.CC.NN=C(Cc1ccccc1)c1ccccc1. The van der Waals surface area contributed by atoms with E-state index in [1.54, 1.807) is 0 Å². The maximum absolute atomic E-state index is 5.44. The third-order valence-electron chi connectivity index (χ3n) is 2.48. The Hall–Kier alpha value is -2.09. The largest absolute Gasteiger partial charge is 0.323 e. The highest BCUT2D eigenvalue weighted by Gasteiger charge is 2.03. The van der Waals surface area contributed by atoms with Gasteiger partial charge in [-0.3, -0.25) is 0 Å². The van der Waals surface area contributed by atoms with Crippen molar-refractivity contribution in [2.24, 2.45) is 10.9 Å². The highest BCUT2D eigenvalue weighted by Crippen LogP contribution is 2.07. The molecule has 0 saturated carbocycles. The molecular weight excluding hydrogens is 244 g/mol. The lowest BCUT2D eigenvalue weighted by Gasteiger charge is -2.05. The van der Waals surface area contributed by atoms with Crippen molar-refractivity contribution < 1.29 is 0 Å². The van der Waals surface area contributed by atoms with E-state index in [1.807, 2.05) is 76.2 Å². The number of benzene rings is 2. The van der Waals surface area contributed by atoms with Crippen LogP contribution in [0.25, 0.3) is 0 Å². The van der Waals surface area contributed by atoms with Crippen molar-refractivity contribution in [3.63, 3.8) is 0 Å². The molecule has 2 aromatic carbocycles. The molecule has 0 fully saturated rings. The van der Waals surface area contributed by atoms with Crippen LogP contribution >= 0.6 is 0 Å². The zero-order valence-electron chi connectivity index (χ0n) is 13.0. The van der Waals surface area contributed by atoms with Crippen LogP contribution in [0, 0.1) is 0 Å². The zero-order valence-corrected chi connectivity index (χ0v) is 13.0. The first-order valence-corrected chi connectivity index (χ1v) is 7.26. The molecule has 0 aliphatic heterocycles. The lowest BCUT2D eigenvalue weighted by Crippen LogP contribution is -2.07. The maximum atomic E-state index is 5.44. The second kappa shape index (κ2) is 12.0. The smallest absolute Gasteiger partial charge is 0.0716 e. The molecule has 0 amide bonds. The van der Waals surface area contributed by atoms with Crippen molar-refractivity contribution in [1.29, 1.82) is 0 Å². The van der Waals surface area contributed by atoms with Crippen molar-refractivity contribution in [2.75, 3.05) is 0 Å². The summed E-state index contributed by atoms with van der Waals surface area (Å²) in [6.45, 7) is 8.00. The van der Waals surface area contributed by atoms with Crippen LogP contribution in [0.2, 0.25) is 0 Å². The number of hydrogen-bond acceptors (Lipinski definition) is 2. The van der Waals surface area contributed by atoms with Crippen LogP contribution in [-0.4, -0.2) is 5.71 Å². The molecule has 0 heterocycles. The molecule has 0 atom stereocenters. The van der Waals surface area contributed by atoms with Crippen LogP contribution < -0.4 is 5.84 Å². The second-order valence-corrected chi connectivity index (χ2v) is 3.60. The third kappa shape index (κ3) is 6.19. The molecule has 20 heavy (non-hydrogen) atoms. The van der Waals surface area contributed by atoms with Crippen molar-refractivity contribution in [1.82, 2.24) is 0 Å². The van der Waals surface area contributed by atoms with E-state index in [0.717, 1.165) is 17.7 Å². The van der Waals surface area contributed by atoms with E-state index in [2.05, 4.69) is 17.2 Å². The molecular formula is C18H26N2. The molecule has 2 heteroatoms. The van der Waals surface area contributed by atoms with E-state index in [4.69, 9.17) is 5.84 Å². The predicted molar refractivity (Wildman–Crippen MR) is 90.0 cm³/mol. The summed E-state index contributed by atoms with van der Waals surface area (Å²) in [7, 11) is 0. The highest BCUT2D eigenvalue weighted by molar-refractivity contribution is 6.01. The number of nitrogens with two attached hydrogens (primary N) is 1. The first-order chi connectivity index (χ1) is 9.90. The summed E-state index contributed by atoms with van der Waals surface area (Å²) < 4.78 is 0. The van der Waals surface area contributed by atoms with Gasteiger partial charge in [-0.15, -0.1) is 0 Å². The number of hydrogen-bond donors (Lipinski definition) is 1. The monoisotopic (exact) mass is 270 g/mol. The summed E-state index contributed by atoms with van der Waals surface area (Å²) in [6, 6.07) is 20.2. The fourth-order valence-electron chi connectivity index (χ4n) is 1.64. The Morgan fingerprint density at radius 1 is 0.800 bits per heavy atom. The minimum atomic E-state index is 0.765. The first-order valence-electron chi connectivity index (χ1n) is 7.26. The summed E-state index contributed by atoms with van der Waals surface area (Å²) in [6.07, 6.45) is 0.765. The molecule has 2 nitrogen and oxygen atoms in total. The third-order valence-corrected chi connectivity index (χ3v) is 2.48. The van der Waals surface area contributed by atoms with E-state index in [1.165, 1.54) is 5.56 Å². The van der Waals surface area contributed by atoms with Gasteiger partial charge in [-0.2, -0.15) is 5.10 Å². The van der Waals surface area contributed by atoms with Gasteiger partial charge in [0.05, 0.1) is 5.71 Å². The van der Waals surface area contributed by atoms with Crippen molar-refractivity contribution in [3.8, 4) is 0 Å². The Morgan fingerprint density at radius 2 is 1.25 bits per heavy atom. The van der Waals surface area contributed by atoms with Gasteiger partial charge in [0.25, 0.3) is 0 Å². The van der Waals surface area contributed by atoms with Gasteiger partial charge in [0, 0.05) is 6.42 Å². The van der Waals surface area contributed by atoms with Gasteiger partial charge in [0.1, 0.15) is 0 Å². The average Bonchev–Trinajstić information content (AvgIpc) is 2.58. The van der Waals surface area contributed by atoms with Crippen LogP contribution in [-0.2, 0) is 6.42 Å². The van der Waals surface area contributed by atoms with Gasteiger partial charge in [-0.1, -0.05) is 88.4 Å². The second-order valence-electron chi connectivity index (χ2n) is 3.60. The minimum absolute atomic E-state index is 0.765. The van der Waals surface area contributed by atoms with E-state index in [-0.39, 0.29) is 0 Å². The predicted octanol–water partition coefficient (Wildman–Crippen LogP) is 4.64. The van der Waals surface area contributed by atoms with E-state index in [9.17, 15) is 0 Å². The minimum Gasteiger partial charge on any atom is -0.323 e. The van der Waals surface area contributed by atoms with Crippen LogP contribution in [0.4, 0.5) is 0 Å². The van der Waals surface area contributed by atoms with Crippen LogP contribution in [0.15, 0.2) is 65.8 Å². The van der Waals surface area contributed by atoms with Gasteiger partial charge in [0.15, 0.2) is 0 Å². The summed E-state index contributed by atoms with van der Waals surface area (Å²) >= 11 is 0. The Balaban J connectivity index is 0.000000829. The van der Waals surface area contributed by atoms with E-state index >= 15 is 0 Å². The molecule has 2 aromatic rings. The first kappa shape index (κ1) is 17.9. The van der Waals surface area contributed by atoms with Crippen molar-refractivity contribution in [2.45, 2.75) is 34.1 Å². The van der Waals surface area contributed by atoms with E-state index < -0.39 is 0 Å². The Labute approximate surface area is 123 Å². The van der Waals surface area contributed by atoms with Crippen LogP contribution in [0.5, 0.6) is 0 Å². The van der Waals surface area contributed by atoms with Crippen LogP contribution in [0.1, 0.15) is 38.8 Å². The molecule has 0 spiro atoms. The molecule has 0 aliphatic rings. The van der Waals surface area contributed by atoms with Crippen molar-refractivity contribution >= 4 is 5.71 Å². The molecule has 0 unspecified atom stereocenters. The summed E-state index contributed by atoms with van der Waals surface area (Å²) in [5.74, 6) is 5.44. The summed E-state index contributed by atoms with van der Waals surface area (Å²) in [5.41, 5.74) is 3.20. The normalized spacial score (nSPS) is 9.70. The zero-order chi connectivity index (χ0) is 15.2. The molecule has 0 radical (unpaired) electrons. The van der Waals surface area contributed by atoms with Gasteiger partial charge in [0.2, 0.25) is 0 Å². The summed E-state index contributed by atoms with van der Waals surface area (Å²) in [4.78, 5) is 0. The molecule has 2 rings (SSSR count). The molecule has 108 valence electrons. The Kier molecular flexibility index (Phi) is 10.7. The van der Waals surface area contributed by atoms with Crippen molar-refractivity contribution in [3.05, 3.63) is 71.8 Å². The van der Waals surface area contributed by atoms with Gasteiger partial charge in [-0.05, 0) is 11.1 Å². The van der Waals surface area contributed by atoms with Gasteiger partial charge in [-0.25, -0.2) is 0 Å². The molecule has 0 bridgehead atoms. The lowest BCUT2D eigenvalue weighted by atomic mass is 10.0. The molecule has 2 N–H and O–H groups in total. The molecule has 0 aliphatic carbocycles. The topological polar surface area (TPSA) is 38.4 Å². The molecule has 0 aromatic heterocycles. The average molecular weight is 270 g/mol. The maximum Gasteiger partial charge on any atom is 0.0716 e. The van der Waals surface area contributed by atoms with Crippen LogP contribution in [0.3, 0.4) is 0 Å². The number of hydrazone groups is 1. The number of nitrogens with zero attached hydrogens (tertiary/aromatic N) is 1. The standard InChI is InChI=1S/C14H14N2.2C2H6/c15-16-14(13-9-5-2-6-10-13)11-12-7-3-1-4-8-12;2*1-2/h1-10H,11,15H2;2*1-2H3. The Morgan fingerprint density at radius 3 is 1.70 bits per heavy atom. The molecule has 0 saturated heterocycles. The van der Waals surface area contributed by atoms with Gasteiger partial charge < -0.3 is 5.84 Å². The van der Waals surface area contributed by atoms with Gasteiger partial charge >= 0.3 is 0 Å². The summed E-state index contributed by atoms with van der Waals surface area (Å²) in [5, 5.41) is 3.87. The highest BCUT2D eigenvalue weighted by atomic mass is 15.1. The quantitative estimate of drug-likeness (QED) is 0.492.